The summed E-state index contributed by atoms with van der Waals surface area (Å²) < 4.78 is 45.0. The van der Waals surface area contributed by atoms with Gasteiger partial charge in [-0.2, -0.15) is 17.4 Å². The Balaban J connectivity index is 1.28. The van der Waals surface area contributed by atoms with Gasteiger partial charge in [0.1, 0.15) is 11.9 Å². The van der Waals surface area contributed by atoms with E-state index in [0.717, 1.165) is 15.8 Å². The van der Waals surface area contributed by atoms with Gasteiger partial charge in [0.05, 0.1) is 17.4 Å². The van der Waals surface area contributed by atoms with Gasteiger partial charge in [0, 0.05) is 50.0 Å². The molecule has 1 aliphatic heterocycles. The molecule has 13 heteroatoms. The topological polar surface area (TPSA) is 134 Å². The largest absolute Gasteiger partial charge is 0.480 e. The molecule has 1 atom stereocenters. The van der Waals surface area contributed by atoms with Crippen LogP contribution in [0.4, 0.5) is 10.1 Å². The molecular formula is C33H34FN5O6S. The maximum Gasteiger partial charge on any atom is 0.331 e. The minimum atomic E-state index is -3.95. The Morgan fingerprint density at radius 1 is 0.935 bits per heavy atom. The van der Waals surface area contributed by atoms with E-state index >= 15 is 0 Å². The first-order valence-corrected chi connectivity index (χ1v) is 16.1. The summed E-state index contributed by atoms with van der Waals surface area (Å²) in [5, 5.41) is 9.70. The second-order valence-corrected chi connectivity index (χ2v) is 13.2. The van der Waals surface area contributed by atoms with Crippen LogP contribution in [0.2, 0.25) is 0 Å². The van der Waals surface area contributed by atoms with Crippen LogP contribution in [-0.4, -0.2) is 65.2 Å². The van der Waals surface area contributed by atoms with E-state index in [1.165, 1.54) is 33.1 Å². The van der Waals surface area contributed by atoms with Crippen LogP contribution in [0, 0.1) is 23.6 Å². The number of carbonyl (C=O) groups is 1. The Hall–Kier alpha value is -4.77. The number of anilines is 1. The van der Waals surface area contributed by atoms with Gasteiger partial charge >= 0.3 is 11.7 Å². The van der Waals surface area contributed by atoms with Gasteiger partial charge in [0.25, 0.3) is 15.8 Å². The smallest absolute Gasteiger partial charge is 0.331 e. The quantitative estimate of drug-likeness (QED) is 0.281. The second-order valence-electron chi connectivity index (χ2n) is 11.5. The fourth-order valence-electron chi connectivity index (χ4n) is 5.30. The van der Waals surface area contributed by atoms with Crippen molar-refractivity contribution in [3.63, 3.8) is 0 Å². The molecule has 2 N–H and O–H groups in total. The van der Waals surface area contributed by atoms with Crippen molar-refractivity contribution < 1.29 is 22.7 Å². The highest BCUT2D eigenvalue weighted by atomic mass is 32.2. The minimum Gasteiger partial charge on any atom is -0.480 e. The molecule has 0 unspecified atom stereocenters. The first kappa shape index (κ1) is 32.6. The lowest BCUT2D eigenvalue weighted by molar-refractivity contribution is -0.140. The van der Waals surface area contributed by atoms with E-state index in [4.69, 9.17) is 0 Å². The SMILES string of the molecule is CC(C)[C@@H](NS(=O)(=O)N1CCN(c2ccc(C#Cc3ccc4c(c3)c(=O)n(Cc3ccc(F)cc3)c(=O)n4C)cc2)CC1)C(=O)O. The predicted octanol–water partition coefficient (Wildman–Crippen LogP) is 2.35. The maximum absolute atomic E-state index is 13.3. The Kier molecular flexibility index (Phi) is 9.43. The number of nitrogens with one attached hydrogen (secondary N) is 1. The van der Waals surface area contributed by atoms with E-state index in [9.17, 15) is 32.3 Å². The molecule has 1 aromatic heterocycles. The van der Waals surface area contributed by atoms with Crippen LogP contribution in [0.1, 0.15) is 30.5 Å². The van der Waals surface area contributed by atoms with E-state index in [-0.39, 0.29) is 19.6 Å². The van der Waals surface area contributed by atoms with Gasteiger partial charge in [-0.15, -0.1) is 0 Å². The molecule has 2 heterocycles. The predicted molar refractivity (Wildman–Crippen MR) is 173 cm³/mol. The summed E-state index contributed by atoms with van der Waals surface area (Å²) in [6.45, 7) is 4.59. The third-order valence-corrected chi connectivity index (χ3v) is 9.57. The summed E-state index contributed by atoms with van der Waals surface area (Å²) in [6.07, 6.45) is 0. The van der Waals surface area contributed by atoms with E-state index in [2.05, 4.69) is 16.6 Å². The average Bonchev–Trinajstić information content (AvgIpc) is 3.04. The molecule has 4 aromatic rings. The number of carboxylic acids is 1. The normalized spacial score (nSPS) is 14.7. The van der Waals surface area contributed by atoms with Crippen molar-refractivity contribution in [2.75, 3.05) is 31.1 Å². The summed E-state index contributed by atoms with van der Waals surface area (Å²) in [4.78, 5) is 39.8. The number of halogens is 1. The number of piperazine rings is 1. The van der Waals surface area contributed by atoms with Crippen molar-refractivity contribution in [2.24, 2.45) is 13.0 Å². The molecular weight excluding hydrogens is 613 g/mol. The van der Waals surface area contributed by atoms with Crippen molar-refractivity contribution in [1.82, 2.24) is 18.2 Å². The monoisotopic (exact) mass is 647 g/mol. The van der Waals surface area contributed by atoms with E-state index in [1.54, 1.807) is 39.1 Å². The van der Waals surface area contributed by atoms with Gasteiger partial charge in [-0.25, -0.2) is 9.18 Å². The van der Waals surface area contributed by atoms with Gasteiger partial charge in [0.15, 0.2) is 0 Å². The standard InChI is InChI=1S/C33H34FN5O6S/c1-22(2)30(32(41)42)35-46(44,45)38-18-16-37(17-19-38)27-13-8-23(9-14-27)4-5-24-10-15-29-28(20-24)31(40)39(33(43)36(29)3)21-25-6-11-26(34)12-7-25/h6-15,20,22,30,35H,16-19,21H2,1-3H3,(H,41,42)/t30-/m1/s1. The molecule has 0 aliphatic carbocycles. The van der Waals surface area contributed by atoms with Crippen molar-refractivity contribution in [3.8, 4) is 11.8 Å². The fraction of sp³-hybridized carbons (Fsp3) is 0.303. The summed E-state index contributed by atoms with van der Waals surface area (Å²) in [5.74, 6) is 4.16. The molecule has 1 aliphatic rings. The number of aliphatic carboxylic acids is 1. The maximum atomic E-state index is 13.3. The molecule has 1 fully saturated rings. The molecule has 5 rings (SSSR count). The Bertz CT molecular complexity index is 2060. The Morgan fingerprint density at radius 3 is 2.15 bits per heavy atom. The molecule has 0 spiro atoms. The molecule has 11 nitrogen and oxygen atoms in total. The van der Waals surface area contributed by atoms with E-state index in [1.807, 2.05) is 29.2 Å². The Labute approximate surface area is 265 Å². The average molecular weight is 648 g/mol. The number of carboxylic acid groups (broad SMARTS) is 1. The summed E-state index contributed by atoms with van der Waals surface area (Å²) in [5.41, 5.74) is 2.39. The number of fused-ring (bicyclic) bond motifs is 1. The van der Waals surface area contributed by atoms with Crippen LogP contribution < -0.4 is 20.9 Å². The summed E-state index contributed by atoms with van der Waals surface area (Å²) in [7, 11) is -2.36. The zero-order valence-corrected chi connectivity index (χ0v) is 26.4. The number of benzene rings is 3. The molecule has 240 valence electrons. The van der Waals surface area contributed by atoms with Crippen LogP contribution in [0.15, 0.2) is 76.3 Å². The van der Waals surface area contributed by atoms with E-state index < -0.39 is 45.2 Å². The zero-order valence-electron chi connectivity index (χ0n) is 25.6. The first-order valence-electron chi connectivity index (χ1n) is 14.7. The number of nitrogens with zero attached hydrogens (tertiary/aromatic N) is 4. The van der Waals surface area contributed by atoms with Crippen molar-refractivity contribution >= 4 is 32.8 Å². The molecule has 46 heavy (non-hydrogen) atoms. The van der Waals surface area contributed by atoms with Gasteiger partial charge < -0.3 is 10.0 Å². The lowest BCUT2D eigenvalue weighted by Crippen LogP contribution is -2.55. The van der Waals surface area contributed by atoms with Gasteiger partial charge in [0.2, 0.25) is 0 Å². The van der Waals surface area contributed by atoms with Crippen molar-refractivity contribution in [3.05, 3.63) is 110 Å². The van der Waals surface area contributed by atoms with Gasteiger partial charge in [-0.3, -0.25) is 18.7 Å². The minimum absolute atomic E-state index is 0.00898. The number of aromatic nitrogens is 2. The Morgan fingerprint density at radius 2 is 1.54 bits per heavy atom. The lowest BCUT2D eigenvalue weighted by atomic mass is 10.1. The molecule has 1 saturated heterocycles. The number of aryl methyl sites for hydroxylation is 1. The summed E-state index contributed by atoms with van der Waals surface area (Å²) >= 11 is 0. The van der Waals surface area contributed by atoms with Gasteiger partial charge in [-0.05, 0) is 66.1 Å². The van der Waals surface area contributed by atoms with E-state index in [0.29, 0.717) is 35.1 Å². The number of hydrogen-bond acceptors (Lipinski definition) is 6. The second kappa shape index (κ2) is 13.3. The first-order chi connectivity index (χ1) is 21.8. The molecule has 3 aromatic carbocycles. The van der Waals surface area contributed by atoms with Crippen LogP contribution in [0.25, 0.3) is 10.9 Å². The molecule has 0 bridgehead atoms. The summed E-state index contributed by atoms with van der Waals surface area (Å²) in [6, 6.07) is 17.0. The lowest BCUT2D eigenvalue weighted by Gasteiger charge is -2.36. The number of rotatable bonds is 8. The third kappa shape index (κ3) is 7.04. The highest BCUT2D eigenvalue weighted by Gasteiger charge is 2.33. The highest BCUT2D eigenvalue weighted by molar-refractivity contribution is 7.87. The molecule has 0 radical (unpaired) electrons. The van der Waals surface area contributed by atoms with Crippen LogP contribution in [0.5, 0.6) is 0 Å². The van der Waals surface area contributed by atoms with Crippen LogP contribution in [-0.2, 0) is 28.6 Å². The van der Waals surface area contributed by atoms with Crippen molar-refractivity contribution in [2.45, 2.75) is 26.4 Å². The van der Waals surface area contributed by atoms with Crippen LogP contribution >= 0.6 is 0 Å². The highest BCUT2D eigenvalue weighted by Crippen LogP contribution is 2.19. The van der Waals surface area contributed by atoms with Crippen LogP contribution in [0.3, 0.4) is 0 Å². The van der Waals surface area contributed by atoms with Crippen molar-refractivity contribution in [1.29, 1.82) is 0 Å². The number of hydrogen-bond donors (Lipinski definition) is 2. The fourth-order valence-corrected chi connectivity index (χ4v) is 6.79. The molecule has 0 saturated carbocycles. The molecule has 0 amide bonds. The third-order valence-electron chi connectivity index (χ3n) is 7.98. The zero-order chi connectivity index (χ0) is 33.2. The van der Waals surface area contributed by atoms with Gasteiger partial charge in [-0.1, -0.05) is 37.8 Å².